The predicted molar refractivity (Wildman–Crippen MR) is 103 cm³/mol. The Hall–Kier alpha value is -2.93. The molecule has 0 bridgehead atoms. The van der Waals surface area contributed by atoms with Gasteiger partial charge in [0.2, 0.25) is 0 Å². The number of hydrogen-bond donors (Lipinski definition) is 2. The molecule has 0 aliphatic carbocycles. The zero-order valence-electron chi connectivity index (χ0n) is 14.7. The predicted octanol–water partition coefficient (Wildman–Crippen LogP) is 2.82. The quantitative estimate of drug-likeness (QED) is 0.582. The monoisotopic (exact) mass is 347 g/mol. The first-order valence-corrected chi connectivity index (χ1v) is 8.95. The van der Waals surface area contributed by atoms with E-state index in [1.165, 1.54) is 11.7 Å². The molecule has 0 amide bonds. The second-order valence-corrected chi connectivity index (χ2v) is 7.06. The summed E-state index contributed by atoms with van der Waals surface area (Å²) < 4.78 is 2.06. The zero-order chi connectivity index (χ0) is 17.7. The van der Waals surface area contributed by atoms with E-state index in [4.69, 9.17) is 10.8 Å². The molecule has 1 aliphatic rings. The summed E-state index contributed by atoms with van der Waals surface area (Å²) >= 11 is 0. The summed E-state index contributed by atoms with van der Waals surface area (Å²) in [5.41, 5.74) is 10.0. The van der Waals surface area contributed by atoms with Gasteiger partial charge in [-0.15, -0.1) is 0 Å². The number of piperidine rings is 1. The fourth-order valence-electron chi connectivity index (χ4n) is 3.89. The minimum Gasteiger partial charge on any atom is -0.383 e. The highest BCUT2D eigenvalue weighted by molar-refractivity contribution is 5.99. The Morgan fingerprint density at radius 1 is 1.15 bits per heavy atom. The van der Waals surface area contributed by atoms with Crippen molar-refractivity contribution in [2.45, 2.75) is 18.9 Å². The van der Waals surface area contributed by atoms with Gasteiger partial charge in [0, 0.05) is 17.3 Å². The number of aromatic nitrogens is 5. The first-order valence-electron chi connectivity index (χ1n) is 8.95. The van der Waals surface area contributed by atoms with Crippen molar-refractivity contribution in [3.05, 3.63) is 36.8 Å². The molecule has 0 saturated carbocycles. The largest absolute Gasteiger partial charge is 0.383 e. The van der Waals surface area contributed by atoms with Crippen LogP contribution in [0.1, 0.15) is 18.9 Å². The molecule has 4 aromatic rings. The van der Waals surface area contributed by atoms with Gasteiger partial charge in [0.05, 0.1) is 11.4 Å². The van der Waals surface area contributed by atoms with Crippen LogP contribution in [0.25, 0.3) is 33.2 Å². The molecular formula is C19H21N7. The topological polar surface area (TPSA) is 88.7 Å². The van der Waals surface area contributed by atoms with E-state index in [-0.39, 0.29) is 0 Å². The van der Waals surface area contributed by atoms with E-state index < -0.39 is 0 Å². The molecule has 5 rings (SSSR count). The van der Waals surface area contributed by atoms with Crippen molar-refractivity contribution in [1.82, 2.24) is 29.6 Å². The van der Waals surface area contributed by atoms with Crippen molar-refractivity contribution in [3.63, 3.8) is 0 Å². The average molecular weight is 347 g/mol. The Morgan fingerprint density at radius 3 is 2.85 bits per heavy atom. The summed E-state index contributed by atoms with van der Waals surface area (Å²) in [5.74, 6) is 0.482. The van der Waals surface area contributed by atoms with E-state index in [1.54, 1.807) is 0 Å². The van der Waals surface area contributed by atoms with Gasteiger partial charge in [-0.2, -0.15) is 5.10 Å². The molecule has 4 heterocycles. The lowest BCUT2D eigenvalue weighted by Gasteiger charge is -2.29. The number of fused-ring (bicyclic) bond motifs is 2. The van der Waals surface area contributed by atoms with Gasteiger partial charge in [-0.05, 0) is 50.5 Å². The first-order chi connectivity index (χ1) is 12.7. The molecule has 0 unspecified atom stereocenters. The molecule has 7 nitrogen and oxygen atoms in total. The van der Waals surface area contributed by atoms with Crippen LogP contribution in [0.3, 0.4) is 0 Å². The molecule has 1 fully saturated rings. The maximum atomic E-state index is 6.23. The van der Waals surface area contributed by atoms with Crippen LogP contribution in [0.5, 0.6) is 0 Å². The number of nitrogen functional groups attached to an aromatic ring is 1. The standard InChI is InChI=1S/C19H21N7/c1-25-8-5-14(6-9-25)26-19-16(18(20)22-11-23-19)17(24-26)13-3-2-12-4-7-21-15(12)10-13/h2-4,7,10-11,14,21H,5-6,8-9H2,1H3,(H2,20,22,23). The van der Waals surface area contributed by atoms with Crippen LogP contribution < -0.4 is 5.73 Å². The summed E-state index contributed by atoms with van der Waals surface area (Å²) in [5, 5.41) is 6.98. The Balaban J connectivity index is 1.69. The highest BCUT2D eigenvalue weighted by atomic mass is 15.3. The fraction of sp³-hybridized carbons (Fsp3) is 0.316. The van der Waals surface area contributed by atoms with E-state index >= 15 is 0 Å². The third kappa shape index (κ3) is 2.35. The molecular weight excluding hydrogens is 326 g/mol. The fourth-order valence-corrected chi connectivity index (χ4v) is 3.89. The summed E-state index contributed by atoms with van der Waals surface area (Å²) in [6.45, 7) is 2.13. The Labute approximate surface area is 150 Å². The maximum Gasteiger partial charge on any atom is 0.164 e. The van der Waals surface area contributed by atoms with Crippen molar-refractivity contribution in [2.75, 3.05) is 25.9 Å². The summed E-state index contributed by atoms with van der Waals surface area (Å²) in [7, 11) is 2.16. The van der Waals surface area contributed by atoms with Gasteiger partial charge in [-0.1, -0.05) is 12.1 Å². The van der Waals surface area contributed by atoms with Gasteiger partial charge in [-0.3, -0.25) is 0 Å². The van der Waals surface area contributed by atoms with Crippen LogP contribution in [0.15, 0.2) is 36.8 Å². The molecule has 1 aromatic carbocycles. The van der Waals surface area contributed by atoms with Crippen LogP contribution >= 0.6 is 0 Å². The molecule has 132 valence electrons. The molecule has 1 aliphatic heterocycles. The Morgan fingerprint density at radius 2 is 2.00 bits per heavy atom. The molecule has 3 N–H and O–H groups in total. The van der Waals surface area contributed by atoms with Crippen LogP contribution in [0, 0.1) is 0 Å². The lowest BCUT2D eigenvalue weighted by molar-refractivity contribution is 0.215. The average Bonchev–Trinajstić information content (AvgIpc) is 3.27. The van der Waals surface area contributed by atoms with E-state index in [2.05, 4.69) is 55.8 Å². The smallest absolute Gasteiger partial charge is 0.164 e. The third-order valence-electron chi connectivity index (χ3n) is 5.38. The second kappa shape index (κ2) is 5.81. The lowest BCUT2D eigenvalue weighted by Crippen LogP contribution is -2.31. The van der Waals surface area contributed by atoms with Gasteiger partial charge >= 0.3 is 0 Å². The Kier molecular flexibility index (Phi) is 3.43. The van der Waals surface area contributed by atoms with Gasteiger partial charge in [0.1, 0.15) is 17.8 Å². The van der Waals surface area contributed by atoms with Crippen LogP contribution in [-0.4, -0.2) is 49.8 Å². The molecule has 0 atom stereocenters. The van der Waals surface area contributed by atoms with Crippen LogP contribution in [0.2, 0.25) is 0 Å². The lowest BCUT2D eigenvalue weighted by atomic mass is 10.1. The number of nitrogens with one attached hydrogen (secondary N) is 1. The Bertz CT molecular complexity index is 1090. The van der Waals surface area contributed by atoms with Gasteiger partial charge < -0.3 is 15.6 Å². The number of benzene rings is 1. The van der Waals surface area contributed by atoms with Crippen molar-refractivity contribution >= 4 is 27.8 Å². The number of nitrogens with zero attached hydrogens (tertiary/aromatic N) is 5. The second-order valence-electron chi connectivity index (χ2n) is 7.06. The highest BCUT2D eigenvalue weighted by Crippen LogP contribution is 2.34. The number of aromatic amines is 1. The van der Waals surface area contributed by atoms with Crippen molar-refractivity contribution in [3.8, 4) is 11.3 Å². The molecule has 7 heteroatoms. The molecule has 0 spiro atoms. The maximum absolute atomic E-state index is 6.23. The SMILES string of the molecule is CN1CCC(n2nc(-c3ccc4cc[nH]c4c3)c3c(N)ncnc32)CC1. The summed E-state index contributed by atoms with van der Waals surface area (Å²) in [6, 6.07) is 8.70. The first kappa shape index (κ1) is 15.3. The van der Waals surface area contributed by atoms with Crippen LogP contribution in [-0.2, 0) is 0 Å². The summed E-state index contributed by atoms with van der Waals surface area (Å²) in [4.78, 5) is 14.4. The summed E-state index contributed by atoms with van der Waals surface area (Å²) in [6.07, 6.45) is 5.60. The highest BCUT2D eigenvalue weighted by Gasteiger charge is 2.25. The molecule has 1 saturated heterocycles. The minimum absolute atomic E-state index is 0.339. The van der Waals surface area contributed by atoms with E-state index in [0.29, 0.717) is 11.9 Å². The number of anilines is 1. The van der Waals surface area contributed by atoms with Crippen LogP contribution in [0.4, 0.5) is 5.82 Å². The third-order valence-corrected chi connectivity index (χ3v) is 5.38. The minimum atomic E-state index is 0.339. The number of nitrogens with two attached hydrogens (primary N) is 1. The number of likely N-dealkylation sites (tertiary alicyclic amines) is 1. The van der Waals surface area contributed by atoms with E-state index in [9.17, 15) is 0 Å². The molecule has 26 heavy (non-hydrogen) atoms. The van der Waals surface area contributed by atoms with Gasteiger partial charge in [0.15, 0.2) is 5.65 Å². The number of hydrogen-bond acceptors (Lipinski definition) is 5. The van der Waals surface area contributed by atoms with Crippen molar-refractivity contribution in [2.24, 2.45) is 0 Å². The van der Waals surface area contributed by atoms with E-state index in [1.807, 2.05) is 6.20 Å². The van der Waals surface area contributed by atoms with Gasteiger partial charge in [0.25, 0.3) is 0 Å². The van der Waals surface area contributed by atoms with Gasteiger partial charge in [-0.25, -0.2) is 14.6 Å². The normalized spacial score (nSPS) is 16.7. The zero-order valence-corrected chi connectivity index (χ0v) is 14.7. The number of H-pyrrole nitrogens is 1. The van der Waals surface area contributed by atoms with E-state index in [0.717, 1.165) is 53.7 Å². The van der Waals surface area contributed by atoms with Crippen molar-refractivity contribution < 1.29 is 0 Å². The van der Waals surface area contributed by atoms with Crippen molar-refractivity contribution in [1.29, 1.82) is 0 Å². The number of rotatable bonds is 2. The molecule has 3 aromatic heterocycles. The molecule has 0 radical (unpaired) electrons.